The number of carboxylic acids is 1. The topological polar surface area (TPSA) is 128 Å². The van der Waals surface area contributed by atoms with Gasteiger partial charge in [0.1, 0.15) is 5.60 Å². The minimum atomic E-state index is -0.879. The highest BCUT2D eigenvalue weighted by molar-refractivity contribution is 5.87. The summed E-state index contributed by atoms with van der Waals surface area (Å²) in [6.07, 6.45) is 2.75. The summed E-state index contributed by atoms with van der Waals surface area (Å²) in [5, 5.41) is 15.4. The molecule has 0 aliphatic carbocycles. The van der Waals surface area contributed by atoms with Crippen molar-refractivity contribution in [1.29, 1.82) is 0 Å². The molecule has 1 amide bonds. The number of carbonyl (C=O) groups excluding carboxylic acids is 2. The molecule has 0 fully saturated rings. The van der Waals surface area contributed by atoms with Crippen molar-refractivity contribution in [2.75, 3.05) is 31.0 Å². The van der Waals surface area contributed by atoms with Crippen LogP contribution < -0.4 is 10.3 Å². The predicted molar refractivity (Wildman–Crippen MR) is 162 cm³/mol. The number of hydrogen-bond donors (Lipinski definition) is 2. The molecule has 224 valence electrons. The van der Waals surface area contributed by atoms with Crippen LogP contribution in [0.25, 0.3) is 0 Å². The van der Waals surface area contributed by atoms with E-state index in [-0.39, 0.29) is 12.1 Å². The van der Waals surface area contributed by atoms with Gasteiger partial charge in [-0.15, -0.1) is 0 Å². The van der Waals surface area contributed by atoms with E-state index < -0.39 is 11.6 Å². The van der Waals surface area contributed by atoms with Crippen LogP contribution in [-0.4, -0.2) is 75.6 Å². The van der Waals surface area contributed by atoms with Crippen LogP contribution >= 0.6 is 0 Å². The molecule has 0 spiro atoms. The third kappa shape index (κ3) is 8.74. The van der Waals surface area contributed by atoms with Gasteiger partial charge in [-0.3, -0.25) is 9.80 Å². The molecule has 11 heteroatoms. The number of carbonyl (C=O) groups is 3. The predicted octanol–water partition coefficient (Wildman–Crippen LogP) is 5.40. The fourth-order valence-corrected chi connectivity index (χ4v) is 4.11. The molecule has 0 unspecified atom stereocenters. The van der Waals surface area contributed by atoms with Gasteiger partial charge in [0, 0.05) is 45.1 Å². The van der Waals surface area contributed by atoms with Crippen molar-refractivity contribution in [1.82, 2.24) is 19.9 Å². The molecule has 1 aromatic heterocycles. The third-order valence-electron chi connectivity index (χ3n) is 6.60. The second kappa shape index (κ2) is 13.9. The second-order valence-corrected chi connectivity index (χ2v) is 11.2. The zero-order valence-corrected chi connectivity index (χ0v) is 25.3. The largest absolute Gasteiger partial charge is 0.478 e. The lowest BCUT2D eigenvalue weighted by Crippen LogP contribution is -2.42. The normalized spacial score (nSPS) is 12.6. The summed E-state index contributed by atoms with van der Waals surface area (Å²) in [4.78, 5) is 44.8. The minimum Gasteiger partial charge on any atom is -0.478 e. The van der Waals surface area contributed by atoms with Gasteiger partial charge in [-0.2, -0.15) is 4.98 Å². The van der Waals surface area contributed by atoms with Gasteiger partial charge in [-0.1, -0.05) is 24.3 Å². The number of nitrogens with zero attached hydrogens (tertiary/aromatic N) is 5. The number of carboxylic acid groups (broad SMARTS) is 1. The van der Waals surface area contributed by atoms with Crippen LogP contribution in [0.15, 0.2) is 54.7 Å². The highest BCUT2D eigenvalue weighted by Crippen LogP contribution is 2.26. The van der Waals surface area contributed by atoms with Crippen molar-refractivity contribution >= 4 is 35.8 Å². The van der Waals surface area contributed by atoms with Gasteiger partial charge >= 0.3 is 12.1 Å². The first-order valence-electron chi connectivity index (χ1n) is 13.7. The zero-order valence-electron chi connectivity index (χ0n) is 25.3. The van der Waals surface area contributed by atoms with E-state index in [0.29, 0.717) is 36.0 Å². The Hall–Kier alpha value is -4.51. The Morgan fingerprint density at radius 3 is 2.36 bits per heavy atom. The molecule has 2 heterocycles. The molecule has 0 radical (unpaired) electrons. The number of aldehydes is 1. The fraction of sp³-hybridized carbons (Fsp3) is 0.387. The van der Waals surface area contributed by atoms with Crippen molar-refractivity contribution < 1.29 is 24.2 Å². The standard InChI is InChI=1S/C24H34N6O3.C7H6O2/c1-16(2)28(6)29(7)21-19(15-31)13-25-22(27-21)26-20-9-8-17-10-11-30(14-18(17)12-20)23(32)33-24(3,4)5;8-7(9)6-4-2-1-3-5-6/h8-9,12-13,15-16H,10-11,14H2,1-7H3,(H,25,26,27);1-5H,(H,8,9). The maximum Gasteiger partial charge on any atom is 0.410 e. The number of aromatic carboxylic acids is 1. The lowest BCUT2D eigenvalue weighted by atomic mass is 9.99. The Kier molecular flexibility index (Phi) is 10.6. The first kappa shape index (κ1) is 32.0. The molecule has 11 nitrogen and oxygen atoms in total. The van der Waals surface area contributed by atoms with Crippen molar-refractivity contribution in [3.8, 4) is 0 Å². The molecular formula is C31H40N6O5. The van der Waals surface area contributed by atoms with Crippen molar-refractivity contribution in [3.05, 3.63) is 77.0 Å². The van der Waals surface area contributed by atoms with Gasteiger partial charge < -0.3 is 20.1 Å². The maximum absolute atomic E-state index is 12.5. The Balaban J connectivity index is 0.000000458. The smallest absolute Gasteiger partial charge is 0.410 e. The van der Waals surface area contributed by atoms with Crippen LogP contribution in [0.2, 0.25) is 0 Å². The van der Waals surface area contributed by atoms with Crippen LogP contribution in [0, 0.1) is 0 Å². The number of benzene rings is 2. The Morgan fingerprint density at radius 2 is 1.79 bits per heavy atom. The number of rotatable bonds is 7. The summed E-state index contributed by atoms with van der Waals surface area (Å²) < 4.78 is 5.53. The quantitative estimate of drug-likeness (QED) is 0.279. The minimum absolute atomic E-state index is 0.231. The Morgan fingerprint density at radius 1 is 1.10 bits per heavy atom. The number of nitrogens with one attached hydrogen (secondary N) is 1. The van der Waals surface area contributed by atoms with E-state index in [2.05, 4.69) is 35.2 Å². The van der Waals surface area contributed by atoms with E-state index in [1.807, 2.05) is 57.0 Å². The molecule has 1 aliphatic rings. The first-order valence-corrected chi connectivity index (χ1v) is 13.7. The molecule has 4 rings (SSSR count). The third-order valence-corrected chi connectivity index (χ3v) is 6.60. The van der Waals surface area contributed by atoms with E-state index >= 15 is 0 Å². The Bertz CT molecular complexity index is 1390. The van der Waals surface area contributed by atoms with Crippen LogP contribution in [0.5, 0.6) is 0 Å². The summed E-state index contributed by atoms with van der Waals surface area (Å²) in [7, 11) is 3.80. The van der Waals surface area contributed by atoms with E-state index in [9.17, 15) is 14.4 Å². The zero-order chi connectivity index (χ0) is 31.0. The molecular weight excluding hydrogens is 536 g/mol. The van der Waals surface area contributed by atoms with E-state index in [4.69, 9.17) is 9.84 Å². The lowest BCUT2D eigenvalue weighted by Gasteiger charge is -2.33. The monoisotopic (exact) mass is 576 g/mol. The molecule has 0 atom stereocenters. The van der Waals surface area contributed by atoms with Crippen LogP contribution in [-0.2, 0) is 17.7 Å². The van der Waals surface area contributed by atoms with Gasteiger partial charge in [0.25, 0.3) is 0 Å². The highest BCUT2D eigenvalue weighted by atomic mass is 16.6. The molecule has 42 heavy (non-hydrogen) atoms. The van der Waals surface area contributed by atoms with Crippen LogP contribution in [0.3, 0.4) is 0 Å². The summed E-state index contributed by atoms with van der Waals surface area (Å²) in [6, 6.07) is 14.6. The number of anilines is 3. The molecule has 2 aromatic carbocycles. The summed E-state index contributed by atoms with van der Waals surface area (Å²) in [6.45, 7) is 10.8. The molecule has 1 aliphatic heterocycles. The van der Waals surface area contributed by atoms with Gasteiger partial charge in [0.2, 0.25) is 5.95 Å². The highest BCUT2D eigenvalue weighted by Gasteiger charge is 2.26. The number of fused-ring (bicyclic) bond motifs is 1. The number of ether oxygens (including phenoxy) is 1. The van der Waals surface area contributed by atoms with Crippen molar-refractivity contribution in [2.24, 2.45) is 0 Å². The number of amides is 1. The van der Waals surface area contributed by atoms with E-state index in [1.165, 1.54) is 11.8 Å². The molecule has 2 N–H and O–H groups in total. The van der Waals surface area contributed by atoms with Gasteiger partial charge in [-0.25, -0.2) is 19.6 Å². The second-order valence-electron chi connectivity index (χ2n) is 11.2. The summed E-state index contributed by atoms with van der Waals surface area (Å²) in [5.74, 6) is 0.0303. The maximum atomic E-state index is 12.5. The first-order chi connectivity index (χ1) is 19.8. The lowest BCUT2D eigenvalue weighted by molar-refractivity contribution is 0.0223. The SMILES string of the molecule is CC(C)N(C)N(C)c1nc(Nc2ccc3c(c2)CN(C(=O)OC(C)(C)C)CC3)ncc1C=O.O=C(O)c1ccccc1. The Labute approximate surface area is 247 Å². The molecule has 0 saturated heterocycles. The van der Waals surface area contributed by atoms with E-state index in [1.54, 1.807) is 35.2 Å². The summed E-state index contributed by atoms with van der Waals surface area (Å²) in [5.41, 5.74) is 3.28. The van der Waals surface area contributed by atoms with Crippen LogP contribution in [0.4, 0.5) is 22.2 Å². The molecule has 0 saturated carbocycles. The number of hydrogen-bond acceptors (Lipinski definition) is 9. The van der Waals surface area contributed by atoms with Crippen molar-refractivity contribution in [3.63, 3.8) is 0 Å². The number of hydrazine groups is 1. The van der Waals surface area contributed by atoms with Crippen molar-refractivity contribution in [2.45, 2.75) is 59.2 Å². The van der Waals surface area contributed by atoms with Gasteiger partial charge in [-0.05, 0) is 76.4 Å². The molecule has 3 aromatic rings. The fourth-order valence-electron chi connectivity index (χ4n) is 4.11. The van der Waals surface area contributed by atoms with Gasteiger partial charge in [0.05, 0.1) is 11.1 Å². The van der Waals surface area contributed by atoms with Crippen LogP contribution in [0.1, 0.15) is 66.5 Å². The van der Waals surface area contributed by atoms with Gasteiger partial charge in [0.15, 0.2) is 12.1 Å². The summed E-state index contributed by atoms with van der Waals surface area (Å²) >= 11 is 0. The number of aromatic nitrogens is 2. The van der Waals surface area contributed by atoms with E-state index in [0.717, 1.165) is 24.0 Å². The average molecular weight is 577 g/mol. The average Bonchev–Trinajstić information content (AvgIpc) is 2.95. The molecule has 0 bridgehead atoms.